The molecule has 0 heterocycles. The van der Waals surface area contributed by atoms with Gasteiger partial charge in [0.25, 0.3) is 0 Å². The van der Waals surface area contributed by atoms with Gasteiger partial charge in [0, 0.05) is 45.3 Å². The molecule has 0 spiro atoms. The molecule has 0 saturated heterocycles. The van der Waals surface area contributed by atoms with Crippen LogP contribution in [-0.2, 0) is 10.0 Å². The van der Waals surface area contributed by atoms with E-state index < -0.39 is 10.0 Å². The predicted octanol–water partition coefficient (Wildman–Crippen LogP) is 1.38. The zero-order valence-corrected chi connectivity index (χ0v) is 18.0. The number of aliphatic imine (C=N–C) groups is 1. The summed E-state index contributed by atoms with van der Waals surface area (Å²) in [7, 11) is -1.51. The van der Waals surface area contributed by atoms with Gasteiger partial charge in [-0.05, 0) is 52.9 Å². The first-order chi connectivity index (χ1) is 12.2. The Hall–Kier alpha value is -0.860. The van der Waals surface area contributed by atoms with Crippen LogP contribution in [0.2, 0.25) is 0 Å². The van der Waals surface area contributed by atoms with Crippen molar-refractivity contribution in [1.82, 2.24) is 20.3 Å². The first-order valence-corrected chi connectivity index (χ1v) is 11.6. The number of rotatable bonds is 12. The van der Waals surface area contributed by atoms with Crippen molar-refractivity contribution in [2.75, 3.05) is 39.0 Å². The van der Waals surface area contributed by atoms with E-state index in [9.17, 15) is 8.42 Å². The molecule has 0 aromatic rings. The number of sulfonamides is 1. The van der Waals surface area contributed by atoms with Crippen molar-refractivity contribution in [3.63, 3.8) is 0 Å². The van der Waals surface area contributed by atoms with Gasteiger partial charge in [0.1, 0.15) is 0 Å². The van der Waals surface area contributed by atoms with Gasteiger partial charge < -0.3 is 10.6 Å². The van der Waals surface area contributed by atoms with E-state index in [1.807, 2.05) is 0 Å². The molecule has 7 nitrogen and oxygen atoms in total. The van der Waals surface area contributed by atoms with Gasteiger partial charge in [-0.25, -0.2) is 13.1 Å². The standard InChI is InChI=1S/C18H39N5O2S/c1-15(2)23(16(3)4)12-7-10-20-18(19-5)21-11-13-26(24,25)22-14-17-8-6-9-17/h15-17,22H,6-14H2,1-5H3,(H2,19,20,21). The van der Waals surface area contributed by atoms with Crippen LogP contribution >= 0.6 is 0 Å². The minimum atomic E-state index is -3.21. The van der Waals surface area contributed by atoms with E-state index in [4.69, 9.17) is 0 Å². The van der Waals surface area contributed by atoms with Crippen molar-refractivity contribution in [3.8, 4) is 0 Å². The molecule has 26 heavy (non-hydrogen) atoms. The molecular weight excluding hydrogens is 350 g/mol. The van der Waals surface area contributed by atoms with E-state index in [1.54, 1.807) is 7.05 Å². The highest BCUT2D eigenvalue weighted by molar-refractivity contribution is 7.89. The Bertz CT molecular complexity index is 508. The van der Waals surface area contributed by atoms with Crippen LogP contribution in [0.25, 0.3) is 0 Å². The van der Waals surface area contributed by atoms with Crippen molar-refractivity contribution in [2.45, 2.75) is 65.5 Å². The highest BCUT2D eigenvalue weighted by Gasteiger charge is 2.20. The normalized spacial score (nSPS) is 16.4. The summed E-state index contributed by atoms with van der Waals surface area (Å²) in [5.74, 6) is 1.25. The Labute approximate surface area is 160 Å². The van der Waals surface area contributed by atoms with Gasteiger partial charge in [0.05, 0.1) is 5.75 Å². The van der Waals surface area contributed by atoms with Crippen LogP contribution in [0.5, 0.6) is 0 Å². The average molecular weight is 390 g/mol. The molecule has 0 aliphatic heterocycles. The molecule has 1 rings (SSSR count). The second-order valence-electron chi connectivity index (χ2n) is 7.67. The molecular formula is C18H39N5O2S. The molecule has 0 aromatic heterocycles. The zero-order valence-electron chi connectivity index (χ0n) is 17.2. The van der Waals surface area contributed by atoms with Gasteiger partial charge in [-0.3, -0.25) is 9.89 Å². The lowest BCUT2D eigenvalue weighted by molar-refractivity contribution is 0.173. The molecule has 0 bridgehead atoms. The van der Waals surface area contributed by atoms with Gasteiger partial charge in [0.15, 0.2) is 5.96 Å². The number of guanidine groups is 1. The van der Waals surface area contributed by atoms with Crippen molar-refractivity contribution < 1.29 is 8.42 Å². The van der Waals surface area contributed by atoms with Crippen molar-refractivity contribution in [3.05, 3.63) is 0 Å². The van der Waals surface area contributed by atoms with Crippen LogP contribution in [0, 0.1) is 5.92 Å². The average Bonchev–Trinajstić information content (AvgIpc) is 2.50. The summed E-state index contributed by atoms with van der Waals surface area (Å²) in [5.41, 5.74) is 0. The summed E-state index contributed by atoms with van der Waals surface area (Å²) in [5, 5.41) is 6.34. The first-order valence-electron chi connectivity index (χ1n) is 9.92. The number of nitrogens with zero attached hydrogens (tertiary/aromatic N) is 2. The van der Waals surface area contributed by atoms with Crippen LogP contribution in [0.4, 0.5) is 0 Å². The molecule has 0 atom stereocenters. The highest BCUT2D eigenvalue weighted by atomic mass is 32.2. The van der Waals surface area contributed by atoms with Gasteiger partial charge >= 0.3 is 0 Å². The number of nitrogens with one attached hydrogen (secondary N) is 3. The Morgan fingerprint density at radius 3 is 2.23 bits per heavy atom. The largest absolute Gasteiger partial charge is 0.356 e. The van der Waals surface area contributed by atoms with Crippen LogP contribution in [-0.4, -0.2) is 70.3 Å². The minimum absolute atomic E-state index is 0.0644. The van der Waals surface area contributed by atoms with Crippen molar-refractivity contribution >= 4 is 16.0 Å². The summed E-state index contributed by atoms with van der Waals surface area (Å²) in [4.78, 5) is 6.61. The van der Waals surface area contributed by atoms with E-state index in [2.05, 4.69) is 52.9 Å². The molecule has 0 aromatic carbocycles. The summed E-state index contributed by atoms with van der Waals surface area (Å²) >= 11 is 0. The van der Waals surface area contributed by atoms with Crippen LogP contribution in [0.3, 0.4) is 0 Å². The molecule has 0 radical (unpaired) electrons. The second kappa shape index (κ2) is 11.8. The smallest absolute Gasteiger partial charge is 0.213 e. The van der Waals surface area contributed by atoms with Crippen LogP contribution in [0.15, 0.2) is 4.99 Å². The summed E-state index contributed by atoms with van der Waals surface area (Å²) < 4.78 is 26.7. The molecule has 0 unspecified atom stereocenters. The summed E-state index contributed by atoms with van der Waals surface area (Å²) in [6, 6.07) is 1.06. The molecule has 1 saturated carbocycles. The lowest BCUT2D eigenvalue weighted by atomic mass is 9.86. The quantitative estimate of drug-likeness (QED) is 0.267. The lowest BCUT2D eigenvalue weighted by Crippen LogP contribution is -2.43. The van der Waals surface area contributed by atoms with E-state index in [-0.39, 0.29) is 5.75 Å². The molecule has 1 aliphatic carbocycles. The lowest BCUT2D eigenvalue weighted by Gasteiger charge is -2.30. The maximum Gasteiger partial charge on any atom is 0.213 e. The Kier molecular flexibility index (Phi) is 10.5. The topological polar surface area (TPSA) is 85.8 Å². The van der Waals surface area contributed by atoms with E-state index in [0.29, 0.717) is 37.1 Å². The van der Waals surface area contributed by atoms with E-state index in [1.165, 1.54) is 6.42 Å². The fraction of sp³-hybridized carbons (Fsp3) is 0.944. The third-order valence-electron chi connectivity index (χ3n) is 4.92. The van der Waals surface area contributed by atoms with Gasteiger partial charge in [-0.15, -0.1) is 0 Å². The van der Waals surface area contributed by atoms with Crippen LogP contribution in [0.1, 0.15) is 53.4 Å². The Morgan fingerprint density at radius 2 is 1.73 bits per heavy atom. The summed E-state index contributed by atoms with van der Waals surface area (Å²) in [6.07, 6.45) is 4.52. The van der Waals surface area contributed by atoms with Crippen LogP contribution < -0.4 is 15.4 Å². The maximum absolute atomic E-state index is 12.0. The Balaban J connectivity index is 2.19. The van der Waals surface area contributed by atoms with Gasteiger partial charge in [0.2, 0.25) is 10.0 Å². The molecule has 1 aliphatic rings. The molecule has 8 heteroatoms. The molecule has 3 N–H and O–H groups in total. The van der Waals surface area contributed by atoms with Crippen molar-refractivity contribution in [2.24, 2.45) is 10.9 Å². The third-order valence-corrected chi connectivity index (χ3v) is 6.26. The van der Waals surface area contributed by atoms with Crippen molar-refractivity contribution in [1.29, 1.82) is 0 Å². The fourth-order valence-corrected chi connectivity index (χ4v) is 4.12. The fourth-order valence-electron chi connectivity index (χ4n) is 3.12. The molecule has 1 fully saturated rings. The first kappa shape index (κ1) is 23.2. The van der Waals surface area contributed by atoms with E-state index in [0.717, 1.165) is 32.4 Å². The second-order valence-corrected chi connectivity index (χ2v) is 9.60. The summed E-state index contributed by atoms with van der Waals surface area (Å²) in [6.45, 7) is 11.6. The zero-order chi connectivity index (χ0) is 19.6. The maximum atomic E-state index is 12.0. The van der Waals surface area contributed by atoms with E-state index >= 15 is 0 Å². The monoisotopic (exact) mass is 389 g/mol. The van der Waals surface area contributed by atoms with Gasteiger partial charge in [-0.2, -0.15) is 0 Å². The minimum Gasteiger partial charge on any atom is -0.356 e. The predicted molar refractivity (Wildman–Crippen MR) is 110 cm³/mol. The van der Waals surface area contributed by atoms with Gasteiger partial charge in [-0.1, -0.05) is 6.42 Å². The molecule has 0 amide bonds. The Morgan fingerprint density at radius 1 is 1.12 bits per heavy atom. The number of hydrogen-bond acceptors (Lipinski definition) is 4. The highest BCUT2D eigenvalue weighted by Crippen LogP contribution is 2.25. The SMILES string of the molecule is CN=C(NCCCN(C(C)C)C(C)C)NCCS(=O)(=O)NCC1CCC1. The molecule has 154 valence electrons. The number of hydrogen-bond donors (Lipinski definition) is 3. The third kappa shape index (κ3) is 9.19.